The maximum absolute atomic E-state index is 12.6. The van der Waals surface area contributed by atoms with E-state index in [9.17, 15) is 18.3 Å². The SMILES string of the molecule is CCCCS(=O)(=O)Nc1cc(C(=O)O)cc(-c2nc3n(n2)N=C(C(C)(C)C)C3=Nc2cc3c4c(c2)CCCN4CCC3)c1. The van der Waals surface area contributed by atoms with Crippen LogP contribution in [0.3, 0.4) is 0 Å². The first kappa shape index (κ1) is 29.0. The number of benzene rings is 2. The largest absolute Gasteiger partial charge is 0.478 e. The number of aromatic nitrogens is 3. The Bertz CT molecular complexity index is 1750. The van der Waals surface area contributed by atoms with Gasteiger partial charge in [0.15, 0.2) is 5.82 Å². The topological polar surface area (TPSA) is 142 Å². The lowest BCUT2D eigenvalue weighted by Gasteiger charge is -2.37. The van der Waals surface area contributed by atoms with Crippen LogP contribution in [0.1, 0.15) is 80.7 Å². The summed E-state index contributed by atoms with van der Waals surface area (Å²) in [5.41, 5.74) is 6.36. The van der Waals surface area contributed by atoms with Crippen molar-refractivity contribution < 1.29 is 18.3 Å². The van der Waals surface area contributed by atoms with Gasteiger partial charge in [-0.15, -0.1) is 9.89 Å². The van der Waals surface area contributed by atoms with E-state index >= 15 is 0 Å². The van der Waals surface area contributed by atoms with Crippen molar-refractivity contribution in [1.29, 1.82) is 0 Å². The highest BCUT2D eigenvalue weighted by molar-refractivity contribution is 7.92. The van der Waals surface area contributed by atoms with Crippen LogP contribution in [-0.2, 0) is 22.9 Å². The first-order chi connectivity index (χ1) is 20.4. The summed E-state index contributed by atoms with van der Waals surface area (Å²) in [7, 11) is -3.65. The van der Waals surface area contributed by atoms with Crippen molar-refractivity contribution in [3.63, 3.8) is 0 Å². The Labute approximate surface area is 251 Å². The summed E-state index contributed by atoms with van der Waals surface area (Å²) in [6, 6.07) is 8.63. The highest BCUT2D eigenvalue weighted by atomic mass is 32.2. The van der Waals surface area contributed by atoms with Crippen LogP contribution in [0.5, 0.6) is 0 Å². The molecule has 0 saturated heterocycles. The molecule has 0 aliphatic carbocycles. The van der Waals surface area contributed by atoms with Crippen LogP contribution >= 0.6 is 0 Å². The van der Waals surface area contributed by atoms with Crippen molar-refractivity contribution in [2.45, 2.75) is 66.2 Å². The Morgan fingerprint density at radius 1 is 1.07 bits per heavy atom. The van der Waals surface area contributed by atoms with Gasteiger partial charge in [0.05, 0.1) is 28.4 Å². The molecule has 0 spiro atoms. The standard InChI is InChI=1S/C31H37N7O4S/c1-5-6-13-43(41,42)36-24-17-21(14-22(18-24)30(39)40)28-33-29-25(27(31(2,3)4)34-38(29)35-28)32-23-15-19-9-7-11-37-12-8-10-20(16-23)26(19)37/h14-18,36H,5-13H2,1-4H3,(H,39,40). The minimum absolute atomic E-state index is 0.0558. The highest BCUT2D eigenvalue weighted by Crippen LogP contribution is 2.39. The van der Waals surface area contributed by atoms with E-state index in [1.54, 1.807) is 6.07 Å². The molecule has 43 heavy (non-hydrogen) atoms. The molecule has 2 N–H and O–H groups in total. The zero-order valence-electron chi connectivity index (χ0n) is 25.0. The molecule has 3 aliphatic heterocycles. The Hall–Kier alpha value is -4.06. The molecular formula is C31H37N7O4S. The molecule has 2 aromatic carbocycles. The Morgan fingerprint density at radius 3 is 2.40 bits per heavy atom. The lowest BCUT2D eigenvalue weighted by Crippen LogP contribution is -2.34. The minimum atomic E-state index is -3.65. The van der Waals surface area contributed by atoms with Crippen LogP contribution in [0.4, 0.5) is 17.1 Å². The van der Waals surface area contributed by atoms with Crippen LogP contribution in [0.2, 0.25) is 0 Å². The summed E-state index contributed by atoms with van der Waals surface area (Å²) in [5, 5.41) is 19.1. The second-order valence-electron chi connectivity index (χ2n) is 12.5. The third kappa shape index (κ3) is 5.80. The van der Waals surface area contributed by atoms with E-state index in [1.165, 1.54) is 33.7 Å². The lowest BCUT2D eigenvalue weighted by atomic mass is 9.87. The Kier molecular flexibility index (Phi) is 7.35. The number of unbranched alkanes of at least 4 members (excludes halogenated alkanes) is 1. The maximum Gasteiger partial charge on any atom is 0.335 e. The van der Waals surface area contributed by atoms with E-state index in [2.05, 4.69) is 47.6 Å². The van der Waals surface area contributed by atoms with Crippen LogP contribution in [0.15, 0.2) is 40.4 Å². The summed E-state index contributed by atoms with van der Waals surface area (Å²) in [6.45, 7) is 10.3. The van der Waals surface area contributed by atoms with Crippen molar-refractivity contribution in [2.24, 2.45) is 15.5 Å². The highest BCUT2D eigenvalue weighted by Gasteiger charge is 2.35. The fraction of sp³-hybridized carbons (Fsp3) is 0.452. The molecule has 0 unspecified atom stereocenters. The van der Waals surface area contributed by atoms with Crippen LogP contribution in [0.25, 0.3) is 11.4 Å². The van der Waals surface area contributed by atoms with Gasteiger partial charge in [-0.05, 0) is 73.6 Å². The number of nitrogens with zero attached hydrogens (tertiary/aromatic N) is 6. The summed E-state index contributed by atoms with van der Waals surface area (Å²) in [4.78, 5) is 25.8. The van der Waals surface area contributed by atoms with Gasteiger partial charge in [0.1, 0.15) is 5.71 Å². The number of carboxylic acid groups (broad SMARTS) is 1. The number of carboxylic acids is 1. The number of rotatable bonds is 8. The molecule has 4 heterocycles. The molecule has 0 bridgehead atoms. The average molecular weight is 604 g/mol. The molecule has 0 fully saturated rings. The zero-order valence-corrected chi connectivity index (χ0v) is 25.8. The van der Waals surface area contributed by atoms with Gasteiger partial charge in [-0.3, -0.25) is 4.72 Å². The number of aliphatic imine (C=N–C) groups is 1. The molecule has 11 nitrogen and oxygen atoms in total. The number of sulfonamides is 1. The van der Waals surface area contributed by atoms with Gasteiger partial charge in [-0.2, -0.15) is 5.10 Å². The molecule has 3 aliphatic rings. The molecule has 0 atom stereocenters. The molecule has 0 radical (unpaired) electrons. The fourth-order valence-corrected chi connectivity index (χ4v) is 7.23. The average Bonchev–Trinajstić information content (AvgIpc) is 3.51. The first-order valence-corrected chi connectivity index (χ1v) is 16.5. The van der Waals surface area contributed by atoms with Gasteiger partial charge in [0, 0.05) is 29.8 Å². The van der Waals surface area contributed by atoms with E-state index in [0.29, 0.717) is 23.5 Å². The maximum atomic E-state index is 12.6. The van der Waals surface area contributed by atoms with Gasteiger partial charge in [-0.25, -0.2) is 23.2 Å². The number of fused-ring (bicyclic) bond motifs is 1. The number of aromatic carboxylic acids is 1. The second-order valence-corrected chi connectivity index (χ2v) is 14.3. The molecule has 6 rings (SSSR count). The predicted molar refractivity (Wildman–Crippen MR) is 169 cm³/mol. The summed E-state index contributed by atoms with van der Waals surface area (Å²) >= 11 is 0. The number of carbonyl (C=O) groups is 1. The molecule has 12 heteroatoms. The van der Waals surface area contributed by atoms with Crippen LogP contribution < -0.4 is 9.62 Å². The van der Waals surface area contributed by atoms with E-state index < -0.39 is 16.0 Å². The van der Waals surface area contributed by atoms with Crippen molar-refractivity contribution in [3.8, 4) is 11.4 Å². The minimum Gasteiger partial charge on any atom is -0.478 e. The monoisotopic (exact) mass is 603 g/mol. The summed E-state index contributed by atoms with van der Waals surface area (Å²) in [5.74, 6) is -0.557. The normalized spacial score (nSPS) is 17.1. The smallest absolute Gasteiger partial charge is 0.335 e. The van der Waals surface area contributed by atoms with Crippen molar-refractivity contribution in [3.05, 3.63) is 52.8 Å². The molecule has 0 amide bonds. The number of hydrogen-bond acceptors (Lipinski definition) is 8. The van der Waals surface area contributed by atoms with Gasteiger partial charge >= 0.3 is 5.97 Å². The predicted octanol–water partition coefficient (Wildman–Crippen LogP) is 5.27. The molecule has 0 saturated carbocycles. The summed E-state index contributed by atoms with van der Waals surface area (Å²) < 4.78 is 27.7. The van der Waals surface area contributed by atoms with Gasteiger partial charge in [0.25, 0.3) is 0 Å². The van der Waals surface area contributed by atoms with Gasteiger partial charge < -0.3 is 10.0 Å². The van der Waals surface area contributed by atoms with E-state index in [4.69, 9.17) is 15.1 Å². The number of anilines is 2. The Morgan fingerprint density at radius 2 is 1.77 bits per heavy atom. The quantitative estimate of drug-likeness (QED) is 0.357. The van der Waals surface area contributed by atoms with Crippen molar-refractivity contribution in [2.75, 3.05) is 28.5 Å². The van der Waals surface area contributed by atoms with E-state index in [0.717, 1.165) is 56.6 Å². The third-order valence-electron chi connectivity index (χ3n) is 7.97. The van der Waals surface area contributed by atoms with Crippen LogP contribution in [-0.4, -0.2) is 64.6 Å². The molecule has 1 aromatic heterocycles. The Balaban J connectivity index is 1.42. The molecule has 3 aromatic rings. The number of aryl methyl sites for hydroxylation is 2. The fourth-order valence-electron chi connectivity index (χ4n) is 5.98. The number of nitrogens with one attached hydrogen (secondary N) is 1. The first-order valence-electron chi connectivity index (χ1n) is 14.9. The van der Waals surface area contributed by atoms with Gasteiger partial charge in [-0.1, -0.05) is 34.1 Å². The summed E-state index contributed by atoms with van der Waals surface area (Å²) in [6.07, 6.45) is 5.54. The van der Waals surface area contributed by atoms with Crippen molar-refractivity contribution >= 4 is 44.5 Å². The third-order valence-corrected chi connectivity index (χ3v) is 9.34. The second kappa shape index (κ2) is 10.9. The number of hydrogen-bond donors (Lipinski definition) is 2. The van der Waals surface area contributed by atoms with Gasteiger partial charge in [0.2, 0.25) is 15.8 Å². The van der Waals surface area contributed by atoms with E-state index in [1.807, 2.05) is 6.92 Å². The molecular weight excluding hydrogens is 566 g/mol. The van der Waals surface area contributed by atoms with E-state index in [-0.39, 0.29) is 28.2 Å². The van der Waals surface area contributed by atoms with Crippen LogP contribution in [0, 0.1) is 5.41 Å². The van der Waals surface area contributed by atoms with Crippen molar-refractivity contribution in [1.82, 2.24) is 14.9 Å². The lowest BCUT2D eigenvalue weighted by molar-refractivity contribution is 0.0697. The zero-order chi connectivity index (χ0) is 30.5. The molecule has 226 valence electrons.